The van der Waals surface area contributed by atoms with Crippen LogP contribution in [0.2, 0.25) is 0 Å². The van der Waals surface area contributed by atoms with Crippen LogP contribution in [-0.2, 0) is 24.7 Å². The number of carboxylic acid groups (broad SMARTS) is 1. The first-order valence-electron chi connectivity index (χ1n) is 6.25. The lowest BCUT2D eigenvalue weighted by Crippen LogP contribution is -2.61. The first-order valence-corrected chi connectivity index (χ1v) is 6.25. The molecule has 2 amide bonds. The summed E-state index contributed by atoms with van der Waals surface area (Å²) >= 11 is 0. The van der Waals surface area contributed by atoms with Crippen molar-refractivity contribution in [3.05, 3.63) is 24.0 Å². The number of carbonyl (C=O) groups excluding carboxylic acids is 3. The molecule has 0 spiro atoms. The molecule has 1 atom stereocenters. The van der Waals surface area contributed by atoms with Crippen molar-refractivity contribution in [3.63, 3.8) is 0 Å². The number of fused-ring (bicyclic) bond motifs is 1. The zero-order valence-electron chi connectivity index (χ0n) is 11.5. The zero-order chi connectivity index (χ0) is 15.8. The van der Waals surface area contributed by atoms with Gasteiger partial charge in [-0.1, -0.05) is 0 Å². The van der Waals surface area contributed by atoms with Gasteiger partial charge in [0.05, 0.1) is 13.0 Å². The molecule has 21 heavy (non-hydrogen) atoms. The van der Waals surface area contributed by atoms with Gasteiger partial charge < -0.3 is 14.4 Å². The van der Waals surface area contributed by atoms with Crippen LogP contribution in [0.5, 0.6) is 0 Å². The Morgan fingerprint density at radius 1 is 1.38 bits per heavy atom. The van der Waals surface area contributed by atoms with Crippen LogP contribution < -0.4 is 0 Å². The maximum absolute atomic E-state index is 12.5. The van der Waals surface area contributed by atoms with E-state index < -0.39 is 35.7 Å². The Balaban J connectivity index is 2.70. The number of esters is 1. The second-order valence-corrected chi connectivity index (χ2v) is 4.58. The monoisotopic (exact) mass is 294 g/mol. The molecular formula is C13H14N2O6. The van der Waals surface area contributed by atoms with E-state index in [0.717, 1.165) is 9.47 Å². The predicted octanol–water partition coefficient (Wildman–Crippen LogP) is -0.167. The van der Waals surface area contributed by atoms with Crippen molar-refractivity contribution in [2.75, 3.05) is 13.7 Å². The molecule has 0 aromatic carbocycles. The van der Waals surface area contributed by atoms with Gasteiger partial charge in [-0.15, -0.1) is 0 Å². The summed E-state index contributed by atoms with van der Waals surface area (Å²) in [5.41, 5.74) is -2.03. The van der Waals surface area contributed by atoms with Crippen LogP contribution in [-0.4, -0.2) is 52.0 Å². The normalized spacial score (nSPS) is 21.1. The average molecular weight is 294 g/mol. The third kappa shape index (κ3) is 1.99. The molecule has 0 fully saturated rings. The van der Waals surface area contributed by atoms with E-state index in [4.69, 9.17) is 9.84 Å². The smallest absolute Gasteiger partial charge is 0.342 e. The maximum Gasteiger partial charge on any atom is 0.342 e. The van der Waals surface area contributed by atoms with Crippen molar-refractivity contribution in [2.45, 2.75) is 18.9 Å². The van der Waals surface area contributed by atoms with Gasteiger partial charge in [-0.3, -0.25) is 19.3 Å². The third-order valence-corrected chi connectivity index (χ3v) is 3.36. The van der Waals surface area contributed by atoms with Gasteiger partial charge in [0.1, 0.15) is 5.69 Å². The molecule has 8 heteroatoms. The second kappa shape index (κ2) is 5.04. The van der Waals surface area contributed by atoms with Crippen molar-refractivity contribution in [3.8, 4) is 0 Å². The number of hydrogen-bond acceptors (Lipinski definition) is 5. The number of aliphatic carboxylic acids is 1. The highest BCUT2D eigenvalue weighted by Crippen LogP contribution is 2.32. The lowest BCUT2D eigenvalue weighted by Gasteiger charge is -2.38. The minimum absolute atomic E-state index is 0.0122. The van der Waals surface area contributed by atoms with Crippen molar-refractivity contribution in [1.29, 1.82) is 0 Å². The Morgan fingerprint density at radius 2 is 2.05 bits per heavy atom. The van der Waals surface area contributed by atoms with E-state index in [1.807, 2.05) is 0 Å². The number of hydrogen-bond donors (Lipinski definition) is 1. The molecule has 1 aromatic heterocycles. The largest absolute Gasteiger partial charge is 0.481 e. The molecule has 1 aromatic rings. The highest BCUT2D eigenvalue weighted by Gasteiger charge is 2.57. The number of rotatable bonds is 4. The van der Waals surface area contributed by atoms with Gasteiger partial charge >= 0.3 is 11.9 Å². The Labute approximate surface area is 119 Å². The second-order valence-electron chi connectivity index (χ2n) is 4.58. The number of nitrogens with zero attached hydrogens (tertiary/aromatic N) is 2. The first-order chi connectivity index (χ1) is 9.86. The minimum atomic E-state index is -2.09. The molecule has 0 saturated heterocycles. The standard InChI is InChI=1S/C13H14N2O6/c1-3-21-12(20)13(7-9(16)17)11(19)14(2)10(18)8-5-4-6-15(8)13/h4-6H,3,7H2,1-2H3,(H,16,17). The molecule has 1 N–H and O–H groups in total. The summed E-state index contributed by atoms with van der Waals surface area (Å²) in [6.45, 7) is 1.53. The first kappa shape index (κ1) is 14.8. The van der Waals surface area contributed by atoms with Gasteiger partial charge in [0, 0.05) is 13.2 Å². The highest BCUT2D eigenvalue weighted by atomic mass is 16.5. The van der Waals surface area contributed by atoms with E-state index >= 15 is 0 Å². The van der Waals surface area contributed by atoms with E-state index in [-0.39, 0.29) is 12.3 Å². The number of amides is 2. The molecule has 0 bridgehead atoms. The summed E-state index contributed by atoms with van der Waals surface area (Å²) in [5, 5.41) is 9.10. The van der Waals surface area contributed by atoms with Crippen LogP contribution in [0.4, 0.5) is 0 Å². The van der Waals surface area contributed by atoms with Gasteiger partial charge in [0.15, 0.2) is 0 Å². The average Bonchev–Trinajstić information content (AvgIpc) is 2.91. The zero-order valence-corrected chi connectivity index (χ0v) is 11.5. The molecule has 112 valence electrons. The van der Waals surface area contributed by atoms with Crippen LogP contribution in [0.1, 0.15) is 23.8 Å². The van der Waals surface area contributed by atoms with Gasteiger partial charge in [0.25, 0.3) is 11.8 Å². The van der Waals surface area contributed by atoms with Crippen molar-refractivity contribution < 1.29 is 29.0 Å². The number of aromatic nitrogens is 1. The van der Waals surface area contributed by atoms with Gasteiger partial charge in [-0.05, 0) is 19.1 Å². The number of imide groups is 1. The molecule has 1 aliphatic heterocycles. The third-order valence-electron chi connectivity index (χ3n) is 3.36. The number of likely N-dealkylation sites (N-methyl/N-ethyl adjacent to an activating group) is 1. The van der Waals surface area contributed by atoms with E-state index in [1.54, 1.807) is 6.92 Å². The number of ether oxygens (including phenoxy) is 1. The molecular weight excluding hydrogens is 280 g/mol. The van der Waals surface area contributed by atoms with Gasteiger partial charge in [-0.2, -0.15) is 0 Å². The van der Waals surface area contributed by atoms with Crippen molar-refractivity contribution in [2.24, 2.45) is 0 Å². The van der Waals surface area contributed by atoms with Crippen LogP contribution in [0.3, 0.4) is 0 Å². The lowest BCUT2D eigenvalue weighted by molar-refractivity contribution is -0.167. The molecule has 2 rings (SSSR count). The quantitative estimate of drug-likeness (QED) is 0.469. The molecule has 0 aliphatic carbocycles. The van der Waals surface area contributed by atoms with Crippen molar-refractivity contribution >= 4 is 23.8 Å². The molecule has 0 saturated carbocycles. The fourth-order valence-corrected chi connectivity index (χ4v) is 2.42. The molecule has 1 aliphatic rings. The molecule has 1 unspecified atom stereocenters. The number of carbonyl (C=O) groups is 4. The van der Waals surface area contributed by atoms with Crippen LogP contribution in [0.25, 0.3) is 0 Å². The van der Waals surface area contributed by atoms with Crippen molar-refractivity contribution in [1.82, 2.24) is 9.47 Å². The number of carboxylic acids is 1. The fraction of sp³-hybridized carbons (Fsp3) is 0.385. The van der Waals surface area contributed by atoms with E-state index in [9.17, 15) is 19.2 Å². The van der Waals surface area contributed by atoms with E-state index in [2.05, 4.69) is 0 Å². The summed E-state index contributed by atoms with van der Waals surface area (Å²) in [6.07, 6.45) is 0.530. The summed E-state index contributed by atoms with van der Waals surface area (Å²) < 4.78 is 5.97. The van der Waals surface area contributed by atoms with Crippen LogP contribution in [0, 0.1) is 0 Å². The lowest BCUT2D eigenvalue weighted by atomic mass is 9.90. The SMILES string of the molecule is CCOC(=O)C1(CC(=O)O)C(=O)N(C)C(=O)c2cccn21. The Hall–Kier alpha value is -2.64. The highest BCUT2D eigenvalue weighted by molar-refractivity contribution is 6.17. The summed E-state index contributed by atoms with van der Waals surface area (Å²) in [5.74, 6) is -3.86. The Morgan fingerprint density at radius 3 is 2.62 bits per heavy atom. The summed E-state index contributed by atoms with van der Waals surface area (Å²) in [6, 6.07) is 2.89. The summed E-state index contributed by atoms with van der Waals surface area (Å²) in [7, 11) is 1.21. The fourth-order valence-electron chi connectivity index (χ4n) is 2.42. The molecule has 8 nitrogen and oxygen atoms in total. The van der Waals surface area contributed by atoms with Gasteiger partial charge in [0.2, 0.25) is 5.54 Å². The summed E-state index contributed by atoms with van der Waals surface area (Å²) in [4.78, 5) is 48.7. The Bertz CT molecular complexity index is 634. The molecule has 2 heterocycles. The molecule has 0 radical (unpaired) electrons. The maximum atomic E-state index is 12.5. The van der Waals surface area contributed by atoms with Crippen LogP contribution in [0.15, 0.2) is 18.3 Å². The minimum Gasteiger partial charge on any atom is -0.481 e. The Kier molecular flexibility index (Phi) is 3.54. The van der Waals surface area contributed by atoms with Crippen LogP contribution >= 0.6 is 0 Å². The van der Waals surface area contributed by atoms with E-state index in [1.165, 1.54) is 25.4 Å². The van der Waals surface area contributed by atoms with Gasteiger partial charge in [-0.25, -0.2) is 4.79 Å². The predicted molar refractivity (Wildman–Crippen MR) is 68.4 cm³/mol. The van der Waals surface area contributed by atoms with E-state index in [0.29, 0.717) is 0 Å². The topological polar surface area (TPSA) is 106 Å².